The molecule has 0 unspecified atom stereocenters. The maximum absolute atomic E-state index is 3.67. The standard InChI is InChI=1S/C38H75N/c1-4-5-6-7-8-9-10-11-12-15-18-21-24-27-30-33-36-39-37-34-31-28-25-22-19-16-13-14-17-20-23-26-29-32-35-38(2)3/h11-14,38-39H,4-10,15-37H2,1-3H3/b12-11-,14-13-. The summed E-state index contributed by atoms with van der Waals surface area (Å²) in [4.78, 5) is 0. The van der Waals surface area contributed by atoms with Gasteiger partial charge in [0.05, 0.1) is 0 Å². The van der Waals surface area contributed by atoms with Crippen LogP contribution < -0.4 is 5.32 Å². The third-order valence-electron chi connectivity index (χ3n) is 8.16. The van der Waals surface area contributed by atoms with Crippen molar-refractivity contribution < 1.29 is 0 Å². The molecule has 0 saturated heterocycles. The minimum Gasteiger partial charge on any atom is -0.317 e. The molecule has 1 N–H and O–H groups in total. The lowest BCUT2D eigenvalue weighted by atomic mass is 10.0. The van der Waals surface area contributed by atoms with Crippen molar-refractivity contribution in [1.29, 1.82) is 0 Å². The highest BCUT2D eigenvalue weighted by atomic mass is 14.8. The number of hydrogen-bond acceptors (Lipinski definition) is 1. The van der Waals surface area contributed by atoms with Crippen LogP contribution in [0.3, 0.4) is 0 Å². The summed E-state index contributed by atoms with van der Waals surface area (Å²) in [5.41, 5.74) is 0. The summed E-state index contributed by atoms with van der Waals surface area (Å²) in [7, 11) is 0. The molecule has 0 fully saturated rings. The highest BCUT2D eigenvalue weighted by molar-refractivity contribution is 4.82. The Morgan fingerprint density at radius 1 is 0.385 bits per heavy atom. The average molecular weight is 546 g/mol. The Kier molecular flexibility index (Phi) is 35.0. The van der Waals surface area contributed by atoms with Gasteiger partial charge in [0.15, 0.2) is 0 Å². The molecule has 0 bridgehead atoms. The maximum Gasteiger partial charge on any atom is -0.00489 e. The van der Waals surface area contributed by atoms with E-state index in [4.69, 9.17) is 0 Å². The number of nitrogens with one attached hydrogen (secondary N) is 1. The zero-order valence-electron chi connectivity index (χ0n) is 27.6. The van der Waals surface area contributed by atoms with E-state index in [1.165, 1.54) is 193 Å². The predicted octanol–water partition coefficient (Wildman–Crippen LogP) is 13.3. The fraction of sp³-hybridized carbons (Fsp3) is 0.895. The molecule has 1 nitrogen and oxygen atoms in total. The quantitative estimate of drug-likeness (QED) is 0.0638. The summed E-state index contributed by atoms with van der Waals surface area (Å²) in [6.07, 6.45) is 48.9. The van der Waals surface area contributed by atoms with Gasteiger partial charge in [-0.05, 0) is 83.2 Å². The molecule has 39 heavy (non-hydrogen) atoms. The van der Waals surface area contributed by atoms with Gasteiger partial charge in [-0.2, -0.15) is 0 Å². The topological polar surface area (TPSA) is 12.0 Å². The zero-order chi connectivity index (χ0) is 28.3. The Hall–Kier alpha value is -0.560. The largest absolute Gasteiger partial charge is 0.317 e. The van der Waals surface area contributed by atoms with E-state index < -0.39 is 0 Å². The third-order valence-corrected chi connectivity index (χ3v) is 8.16. The molecule has 0 rings (SSSR count). The molecule has 0 aliphatic carbocycles. The normalized spacial score (nSPS) is 12.1. The average Bonchev–Trinajstić information content (AvgIpc) is 2.93. The zero-order valence-corrected chi connectivity index (χ0v) is 27.6. The van der Waals surface area contributed by atoms with E-state index in [9.17, 15) is 0 Å². The van der Waals surface area contributed by atoms with Crippen LogP contribution in [0, 0.1) is 5.92 Å². The fourth-order valence-corrected chi connectivity index (χ4v) is 5.42. The molecule has 0 aromatic heterocycles. The number of hydrogen-bond donors (Lipinski definition) is 1. The Bertz CT molecular complexity index is 477. The van der Waals surface area contributed by atoms with Crippen LogP contribution in [0.1, 0.15) is 201 Å². The van der Waals surface area contributed by atoms with Gasteiger partial charge in [0.2, 0.25) is 0 Å². The molecule has 232 valence electrons. The summed E-state index contributed by atoms with van der Waals surface area (Å²) in [6, 6.07) is 0. The Morgan fingerprint density at radius 2 is 0.692 bits per heavy atom. The van der Waals surface area contributed by atoms with Crippen molar-refractivity contribution in [2.24, 2.45) is 5.92 Å². The van der Waals surface area contributed by atoms with Gasteiger partial charge in [-0.15, -0.1) is 0 Å². The molecule has 0 spiro atoms. The molecular formula is C38H75N. The van der Waals surface area contributed by atoms with Crippen molar-refractivity contribution in [3.05, 3.63) is 24.3 Å². The highest BCUT2D eigenvalue weighted by Gasteiger charge is 1.95. The van der Waals surface area contributed by atoms with Crippen LogP contribution in [0.4, 0.5) is 0 Å². The van der Waals surface area contributed by atoms with Gasteiger partial charge in [-0.25, -0.2) is 0 Å². The molecular weight excluding hydrogens is 470 g/mol. The van der Waals surface area contributed by atoms with Crippen molar-refractivity contribution in [2.45, 2.75) is 201 Å². The first-order chi connectivity index (χ1) is 19.3. The first-order valence-electron chi connectivity index (χ1n) is 18.3. The minimum absolute atomic E-state index is 0.881. The third kappa shape index (κ3) is 37.4. The number of allylic oxidation sites excluding steroid dienone is 4. The second-order valence-electron chi connectivity index (χ2n) is 12.8. The van der Waals surface area contributed by atoms with Crippen LogP contribution in [0.5, 0.6) is 0 Å². The fourth-order valence-electron chi connectivity index (χ4n) is 5.42. The van der Waals surface area contributed by atoms with E-state index in [0.717, 1.165) is 5.92 Å². The van der Waals surface area contributed by atoms with E-state index in [1.807, 2.05) is 0 Å². The molecule has 0 radical (unpaired) electrons. The van der Waals surface area contributed by atoms with Crippen molar-refractivity contribution >= 4 is 0 Å². The number of rotatable bonds is 33. The molecule has 0 aromatic rings. The first-order valence-corrected chi connectivity index (χ1v) is 18.3. The maximum atomic E-state index is 3.67. The molecule has 1 heteroatoms. The van der Waals surface area contributed by atoms with Crippen molar-refractivity contribution in [3.8, 4) is 0 Å². The molecule has 0 aliphatic heterocycles. The van der Waals surface area contributed by atoms with Crippen molar-refractivity contribution in [2.75, 3.05) is 13.1 Å². The summed E-state index contributed by atoms with van der Waals surface area (Å²) < 4.78 is 0. The van der Waals surface area contributed by atoms with Crippen LogP contribution in [-0.2, 0) is 0 Å². The molecule has 0 amide bonds. The monoisotopic (exact) mass is 546 g/mol. The number of unbranched alkanes of at least 4 members (excludes halogenated alkanes) is 23. The second-order valence-corrected chi connectivity index (χ2v) is 12.8. The Balaban J connectivity index is 3.11. The van der Waals surface area contributed by atoms with Gasteiger partial charge in [-0.3, -0.25) is 0 Å². The Morgan fingerprint density at radius 3 is 1.05 bits per heavy atom. The highest BCUT2D eigenvalue weighted by Crippen LogP contribution is 2.13. The van der Waals surface area contributed by atoms with E-state index in [2.05, 4.69) is 50.4 Å². The van der Waals surface area contributed by atoms with Crippen LogP contribution in [0.2, 0.25) is 0 Å². The van der Waals surface area contributed by atoms with E-state index in [0.29, 0.717) is 0 Å². The van der Waals surface area contributed by atoms with Crippen LogP contribution in [-0.4, -0.2) is 13.1 Å². The minimum atomic E-state index is 0.881. The lowest BCUT2D eigenvalue weighted by molar-refractivity contribution is 0.516. The summed E-state index contributed by atoms with van der Waals surface area (Å²) in [5, 5.41) is 3.67. The molecule has 0 heterocycles. The molecule has 0 aliphatic rings. The second kappa shape index (κ2) is 35.5. The summed E-state index contributed by atoms with van der Waals surface area (Å²) in [5.74, 6) is 0.881. The van der Waals surface area contributed by atoms with Gasteiger partial charge in [-0.1, -0.05) is 161 Å². The van der Waals surface area contributed by atoms with Crippen LogP contribution in [0.15, 0.2) is 24.3 Å². The van der Waals surface area contributed by atoms with Crippen molar-refractivity contribution in [1.82, 2.24) is 5.32 Å². The smallest absolute Gasteiger partial charge is 0.00489 e. The summed E-state index contributed by atoms with van der Waals surface area (Å²) in [6.45, 7) is 9.43. The lowest BCUT2D eigenvalue weighted by Gasteiger charge is -2.05. The van der Waals surface area contributed by atoms with Crippen LogP contribution in [0.25, 0.3) is 0 Å². The molecule has 0 aromatic carbocycles. The van der Waals surface area contributed by atoms with Gasteiger partial charge in [0, 0.05) is 0 Å². The Labute approximate surface area is 248 Å². The first kappa shape index (κ1) is 38.4. The van der Waals surface area contributed by atoms with Gasteiger partial charge < -0.3 is 5.32 Å². The van der Waals surface area contributed by atoms with Gasteiger partial charge in [0.1, 0.15) is 0 Å². The molecule has 0 atom stereocenters. The predicted molar refractivity (Wildman–Crippen MR) is 181 cm³/mol. The van der Waals surface area contributed by atoms with E-state index >= 15 is 0 Å². The lowest BCUT2D eigenvalue weighted by Crippen LogP contribution is -2.16. The van der Waals surface area contributed by atoms with Crippen LogP contribution >= 0.6 is 0 Å². The van der Waals surface area contributed by atoms with Gasteiger partial charge >= 0.3 is 0 Å². The SMILES string of the molecule is CCCCCCCC/C=C\CCCCCCCCNCCCCCCCC/C=C\CCCCCCCC(C)C. The van der Waals surface area contributed by atoms with Crippen molar-refractivity contribution in [3.63, 3.8) is 0 Å². The van der Waals surface area contributed by atoms with E-state index in [-0.39, 0.29) is 0 Å². The van der Waals surface area contributed by atoms with E-state index in [1.54, 1.807) is 0 Å². The summed E-state index contributed by atoms with van der Waals surface area (Å²) >= 11 is 0. The molecule has 0 saturated carbocycles. The van der Waals surface area contributed by atoms with Gasteiger partial charge in [0.25, 0.3) is 0 Å².